The molecule has 0 saturated heterocycles. The van der Waals surface area contributed by atoms with Gasteiger partial charge in [0, 0.05) is 12.0 Å². The van der Waals surface area contributed by atoms with Crippen LogP contribution in [0.25, 0.3) is 20.4 Å². The number of hydrogen-bond donors (Lipinski definition) is 1. The number of para-hydroxylation sites is 2. The highest BCUT2D eigenvalue weighted by Crippen LogP contribution is 2.38. The zero-order valence-electron chi connectivity index (χ0n) is 31.9. The lowest BCUT2D eigenvalue weighted by Crippen LogP contribution is -2.21. The molecule has 2 heterocycles. The summed E-state index contributed by atoms with van der Waals surface area (Å²) in [7, 11) is 3.24. The Morgan fingerprint density at radius 1 is 0.596 bits per heavy atom. The molecule has 0 bridgehead atoms. The summed E-state index contributed by atoms with van der Waals surface area (Å²) >= 11 is 3.00. The first kappa shape index (κ1) is 39.2. The molecule has 8 rings (SSSR count). The van der Waals surface area contributed by atoms with Gasteiger partial charge in [0.05, 0.1) is 40.3 Å². The highest BCUT2D eigenvalue weighted by Gasteiger charge is 2.23. The minimum absolute atomic E-state index is 0.134. The Morgan fingerprint density at radius 2 is 1.07 bits per heavy atom. The maximum absolute atomic E-state index is 12.3. The molecule has 0 spiro atoms. The van der Waals surface area contributed by atoms with Gasteiger partial charge in [-0.15, -0.1) is 0 Å². The molecule has 8 aromatic rings. The first-order chi connectivity index (χ1) is 27.8. The van der Waals surface area contributed by atoms with Gasteiger partial charge in [-0.2, -0.15) is 0 Å². The summed E-state index contributed by atoms with van der Waals surface area (Å²) in [5, 5.41) is 12.0. The first-order valence-corrected chi connectivity index (χ1v) is 20.2. The lowest BCUT2D eigenvalue weighted by molar-refractivity contribution is 0.0480. The van der Waals surface area contributed by atoms with Crippen LogP contribution in [-0.2, 0) is 18.4 Å². The van der Waals surface area contributed by atoms with E-state index in [9.17, 15) is 9.90 Å². The smallest absolute Gasteiger partial charge is 0.279 e. The van der Waals surface area contributed by atoms with Crippen molar-refractivity contribution in [3.8, 4) is 33.4 Å². The predicted octanol–water partition coefficient (Wildman–Crippen LogP) is 11.9. The normalized spacial score (nSPS) is 12.0. The Kier molecular flexibility index (Phi) is 12.5. The number of hydrogen-bond acceptors (Lipinski definition) is 10. The average Bonchev–Trinajstić information content (AvgIpc) is 3.87. The van der Waals surface area contributed by atoms with Crippen molar-refractivity contribution in [1.82, 2.24) is 9.97 Å². The molecule has 6 aromatic carbocycles. The van der Waals surface area contributed by atoms with E-state index < -0.39 is 5.60 Å². The summed E-state index contributed by atoms with van der Waals surface area (Å²) < 4.78 is 25.1. The van der Waals surface area contributed by atoms with Crippen LogP contribution >= 0.6 is 22.7 Å². The number of carbonyl (C=O) groups is 1. The van der Waals surface area contributed by atoms with Crippen LogP contribution in [0, 0.1) is 0 Å². The van der Waals surface area contributed by atoms with Crippen molar-refractivity contribution >= 4 is 48.9 Å². The molecule has 0 aliphatic heterocycles. The van der Waals surface area contributed by atoms with Crippen molar-refractivity contribution in [3.63, 3.8) is 0 Å². The van der Waals surface area contributed by atoms with Gasteiger partial charge in [-0.3, -0.25) is 4.79 Å². The van der Waals surface area contributed by atoms with E-state index >= 15 is 0 Å². The van der Waals surface area contributed by atoms with Crippen LogP contribution in [0.15, 0.2) is 146 Å². The van der Waals surface area contributed by atoms with Crippen LogP contribution in [0.3, 0.4) is 0 Å². The SMILES string of the molecule is COc1cc(CCC(=O)c2ccccc2)ccc1Oc1nc2ccccc2s1.COc1cc(CCC(C)(O)c2ccccc2)ccc1Oc1nc2ccccc2s1. The zero-order chi connectivity index (χ0) is 39.6. The fraction of sp³-hybridized carbons (Fsp3) is 0.170. The molecule has 0 aliphatic carbocycles. The number of benzene rings is 6. The number of methoxy groups -OCH3 is 2. The van der Waals surface area contributed by atoms with Gasteiger partial charge in [-0.05, 0) is 91.4 Å². The lowest BCUT2D eigenvalue weighted by atomic mass is 9.89. The molecular weight excluding hydrogens is 753 g/mol. The number of ether oxygens (including phenoxy) is 4. The number of ketones is 1. The number of carbonyl (C=O) groups excluding carboxylic acids is 1. The molecule has 288 valence electrons. The molecule has 1 unspecified atom stereocenters. The van der Waals surface area contributed by atoms with Crippen LogP contribution in [0.1, 0.15) is 46.8 Å². The molecule has 0 amide bonds. The summed E-state index contributed by atoms with van der Waals surface area (Å²) in [5.41, 5.74) is 4.72. The van der Waals surface area contributed by atoms with E-state index in [4.69, 9.17) is 18.9 Å². The zero-order valence-corrected chi connectivity index (χ0v) is 33.5. The Bertz CT molecular complexity index is 2500. The number of nitrogens with zero attached hydrogens (tertiary/aromatic N) is 2. The minimum Gasteiger partial charge on any atom is -0.493 e. The standard InChI is InChI=1S/C24H23NO3S.C23H19NO3S/c1-24(26,18-8-4-3-5-9-18)15-14-17-12-13-20(21(16-17)27-2)28-23-25-19-10-6-7-11-22(19)29-23;1-26-21-15-16(11-13-19(25)17-7-3-2-4-8-17)12-14-20(21)27-23-24-18-9-5-6-10-22(18)28-23/h3-13,16,26H,14-15H2,1-2H3;2-10,12,14-15H,11,13H2,1H3. The molecule has 1 N–H and O–H groups in total. The van der Waals surface area contributed by atoms with Gasteiger partial charge in [-0.25, -0.2) is 9.97 Å². The van der Waals surface area contributed by atoms with E-state index in [1.54, 1.807) is 14.2 Å². The molecule has 0 saturated carbocycles. The third-order valence-corrected chi connectivity index (χ3v) is 11.3. The minimum atomic E-state index is -0.884. The van der Waals surface area contributed by atoms with Crippen molar-refractivity contribution in [2.24, 2.45) is 0 Å². The molecule has 2 aromatic heterocycles. The second-order valence-corrected chi connectivity index (χ2v) is 15.5. The Balaban J connectivity index is 0.000000174. The van der Waals surface area contributed by atoms with E-state index in [1.807, 2.05) is 153 Å². The number of thiazole rings is 2. The number of aromatic nitrogens is 2. The maximum atomic E-state index is 12.3. The van der Waals surface area contributed by atoms with Gasteiger partial charge >= 0.3 is 0 Å². The summed E-state index contributed by atoms with van der Waals surface area (Å²) in [4.78, 5) is 21.3. The van der Waals surface area contributed by atoms with Crippen LogP contribution in [0.5, 0.6) is 33.4 Å². The van der Waals surface area contributed by atoms with Crippen molar-refractivity contribution < 1.29 is 28.8 Å². The maximum Gasteiger partial charge on any atom is 0.279 e. The Labute approximate surface area is 340 Å². The van der Waals surface area contributed by atoms with Crippen LogP contribution < -0.4 is 18.9 Å². The fourth-order valence-corrected chi connectivity index (χ4v) is 7.89. The summed E-state index contributed by atoms with van der Waals surface area (Å²) in [6.07, 6.45) is 2.43. The number of fused-ring (bicyclic) bond motifs is 2. The fourth-order valence-electron chi connectivity index (χ4n) is 6.24. The van der Waals surface area contributed by atoms with Gasteiger partial charge in [-0.1, -0.05) is 120 Å². The largest absolute Gasteiger partial charge is 0.493 e. The Morgan fingerprint density at radius 3 is 1.58 bits per heavy atom. The number of Topliss-reactive ketones (excluding diaryl/α,β-unsaturated/α-hetero) is 1. The van der Waals surface area contributed by atoms with Crippen LogP contribution in [-0.4, -0.2) is 35.1 Å². The third kappa shape index (κ3) is 10.0. The molecule has 0 radical (unpaired) electrons. The van der Waals surface area contributed by atoms with E-state index in [1.165, 1.54) is 22.7 Å². The van der Waals surface area contributed by atoms with Gasteiger partial charge in [0.15, 0.2) is 28.8 Å². The average molecular weight is 795 g/mol. The van der Waals surface area contributed by atoms with Gasteiger partial charge < -0.3 is 24.1 Å². The summed E-state index contributed by atoms with van der Waals surface area (Å²) in [6.45, 7) is 1.85. The number of aliphatic hydroxyl groups is 1. The molecule has 1 atom stereocenters. The summed E-state index contributed by atoms with van der Waals surface area (Å²) in [6, 6.07) is 46.6. The molecule has 57 heavy (non-hydrogen) atoms. The van der Waals surface area contributed by atoms with Crippen molar-refractivity contribution in [3.05, 3.63) is 168 Å². The van der Waals surface area contributed by atoms with Crippen molar-refractivity contribution in [2.45, 2.75) is 38.2 Å². The van der Waals surface area contributed by atoms with Crippen molar-refractivity contribution in [1.29, 1.82) is 0 Å². The second kappa shape index (κ2) is 18.3. The van der Waals surface area contributed by atoms with Crippen molar-refractivity contribution in [2.75, 3.05) is 14.2 Å². The van der Waals surface area contributed by atoms with Crippen LogP contribution in [0.2, 0.25) is 0 Å². The van der Waals surface area contributed by atoms with Gasteiger partial charge in [0.2, 0.25) is 0 Å². The van der Waals surface area contributed by atoms with E-state index in [0.717, 1.165) is 49.1 Å². The topological polar surface area (TPSA) is 100 Å². The number of aryl methyl sites for hydroxylation is 2. The first-order valence-electron chi connectivity index (χ1n) is 18.5. The highest BCUT2D eigenvalue weighted by atomic mass is 32.1. The van der Waals surface area contributed by atoms with Gasteiger partial charge in [0.1, 0.15) is 0 Å². The molecule has 10 heteroatoms. The lowest BCUT2D eigenvalue weighted by Gasteiger charge is -2.24. The van der Waals surface area contributed by atoms with E-state index in [2.05, 4.69) is 9.97 Å². The van der Waals surface area contributed by atoms with E-state index in [0.29, 0.717) is 52.6 Å². The molecule has 8 nitrogen and oxygen atoms in total. The molecule has 0 fully saturated rings. The monoisotopic (exact) mass is 794 g/mol. The predicted molar refractivity (Wildman–Crippen MR) is 229 cm³/mol. The highest BCUT2D eigenvalue weighted by molar-refractivity contribution is 7.20. The van der Waals surface area contributed by atoms with Crippen LogP contribution in [0.4, 0.5) is 0 Å². The molecule has 0 aliphatic rings. The third-order valence-electron chi connectivity index (χ3n) is 9.43. The summed E-state index contributed by atoms with van der Waals surface area (Å²) in [5.74, 6) is 2.66. The Hall–Kier alpha value is -6.07. The van der Waals surface area contributed by atoms with Gasteiger partial charge in [0.25, 0.3) is 10.4 Å². The van der Waals surface area contributed by atoms with E-state index in [-0.39, 0.29) is 5.78 Å². The number of rotatable bonds is 14. The quantitative estimate of drug-likeness (QED) is 0.109. The molecular formula is C47H42N2O6S2. The second-order valence-electron chi connectivity index (χ2n) is 13.5.